The fourth-order valence-electron chi connectivity index (χ4n) is 3.70. The lowest BCUT2D eigenvalue weighted by molar-refractivity contribution is -0.102. The fourth-order valence-corrected chi connectivity index (χ4v) is 3.70. The second-order valence-electron chi connectivity index (χ2n) is 6.52. The zero-order chi connectivity index (χ0) is 10.5. The molecule has 1 aliphatic heterocycles. The van der Waals surface area contributed by atoms with Gasteiger partial charge in [0.15, 0.2) is 0 Å². The van der Waals surface area contributed by atoms with Gasteiger partial charge in [0.25, 0.3) is 0 Å². The van der Waals surface area contributed by atoms with E-state index in [9.17, 15) is 0 Å². The molecule has 86 valence electrons. The van der Waals surface area contributed by atoms with Gasteiger partial charge in [-0.1, -0.05) is 13.8 Å². The summed E-state index contributed by atoms with van der Waals surface area (Å²) in [6.07, 6.45) is 6.70. The zero-order valence-corrected chi connectivity index (χ0v) is 10.0. The smallest absolute Gasteiger partial charge is 0.0843 e. The van der Waals surface area contributed by atoms with Crippen LogP contribution < -0.4 is 5.32 Å². The van der Waals surface area contributed by atoms with Gasteiger partial charge in [-0.2, -0.15) is 0 Å². The molecule has 0 aromatic carbocycles. The van der Waals surface area contributed by atoms with Crippen LogP contribution in [0, 0.1) is 11.3 Å². The zero-order valence-electron chi connectivity index (χ0n) is 10.0. The van der Waals surface area contributed by atoms with Crippen LogP contribution in [0.15, 0.2) is 0 Å². The van der Waals surface area contributed by atoms with Crippen molar-refractivity contribution < 1.29 is 4.74 Å². The highest BCUT2D eigenvalue weighted by atomic mass is 16.5. The summed E-state index contributed by atoms with van der Waals surface area (Å²) in [6.45, 7) is 6.76. The standard InChI is InChI=1S/C13H23NO/c1-12(2)5-6-13(9-12)11(10-3-4-10)14-7-8-15-13/h10-11,14H,3-9H2,1-2H3. The summed E-state index contributed by atoms with van der Waals surface area (Å²) in [7, 11) is 0. The first-order valence-corrected chi connectivity index (χ1v) is 6.49. The van der Waals surface area contributed by atoms with Crippen molar-refractivity contribution in [1.82, 2.24) is 5.32 Å². The van der Waals surface area contributed by atoms with E-state index in [0.29, 0.717) is 11.5 Å². The van der Waals surface area contributed by atoms with Crippen molar-refractivity contribution in [2.45, 2.75) is 57.6 Å². The van der Waals surface area contributed by atoms with E-state index in [1.54, 1.807) is 0 Å². The normalized spacial score (nSPS) is 44.8. The molecule has 3 fully saturated rings. The summed E-state index contributed by atoms with van der Waals surface area (Å²) in [6, 6.07) is 0.660. The van der Waals surface area contributed by atoms with Gasteiger partial charge >= 0.3 is 0 Å². The van der Waals surface area contributed by atoms with Crippen LogP contribution >= 0.6 is 0 Å². The maximum atomic E-state index is 6.21. The van der Waals surface area contributed by atoms with Gasteiger partial charge in [0, 0.05) is 12.6 Å². The number of nitrogens with one attached hydrogen (secondary N) is 1. The third-order valence-corrected chi connectivity index (χ3v) is 4.52. The average Bonchev–Trinajstić information content (AvgIpc) is 2.95. The third kappa shape index (κ3) is 1.72. The Hall–Kier alpha value is -0.0800. The van der Waals surface area contributed by atoms with Crippen LogP contribution in [0.2, 0.25) is 0 Å². The van der Waals surface area contributed by atoms with Crippen LogP contribution in [-0.2, 0) is 4.74 Å². The molecular formula is C13H23NO. The van der Waals surface area contributed by atoms with Crippen LogP contribution in [0.5, 0.6) is 0 Å². The molecular weight excluding hydrogens is 186 g/mol. The number of rotatable bonds is 1. The lowest BCUT2D eigenvalue weighted by atomic mass is 9.83. The van der Waals surface area contributed by atoms with Gasteiger partial charge in [0.2, 0.25) is 0 Å². The molecule has 2 aliphatic carbocycles. The quantitative estimate of drug-likeness (QED) is 0.715. The van der Waals surface area contributed by atoms with Crippen LogP contribution in [0.4, 0.5) is 0 Å². The van der Waals surface area contributed by atoms with Gasteiger partial charge in [-0.3, -0.25) is 0 Å². The number of hydrogen-bond acceptors (Lipinski definition) is 2. The minimum atomic E-state index is 0.197. The second-order valence-corrected chi connectivity index (χ2v) is 6.52. The minimum absolute atomic E-state index is 0.197. The molecule has 3 aliphatic rings. The molecule has 0 radical (unpaired) electrons. The Kier molecular flexibility index (Phi) is 2.16. The van der Waals surface area contributed by atoms with E-state index in [2.05, 4.69) is 19.2 Å². The Morgan fingerprint density at radius 3 is 2.60 bits per heavy atom. The molecule has 0 aromatic heterocycles. The maximum absolute atomic E-state index is 6.21. The molecule has 1 heterocycles. The monoisotopic (exact) mass is 209 g/mol. The summed E-state index contributed by atoms with van der Waals surface area (Å²) in [4.78, 5) is 0. The first-order chi connectivity index (χ1) is 7.11. The van der Waals surface area contributed by atoms with Crippen LogP contribution in [0.1, 0.15) is 46.0 Å². The van der Waals surface area contributed by atoms with Crippen molar-refractivity contribution in [3.63, 3.8) is 0 Å². The van der Waals surface area contributed by atoms with Gasteiger partial charge in [-0.25, -0.2) is 0 Å². The topological polar surface area (TPSA) is 21.3 Å². The molecule has 0 amide bonds. The molecule has 0 bridgehead atoms. The van der Waals surface area contributed by atoms with Gasteiger partial charge in [0.1, 0.15) is 0 Å². The average molecular weight is 209 g/mol. The Bertz CT molecular complexity index is 259. The van der Waals surface area contributed by atoms with Crippen molar-refractivity contribution in [2.75, 3.05) is 13.2 Å². The molecule has 1 N–H and O–H groups in total. The van der Waals surface area contributed by atoms with Crippen LogP contribution in [-0.4, -0.2) is 24.8 Å². The lowest BCUT2D eigenvalue weighted by Crippen LogP contribution is -2.58. The third-order valence-electron chi connectivity index (χ3n) is 4.52. The summed E-state index contributed by atoms with van der Waals surface area (Å²) in [5.41, 5.74) is 0.690. The molecule has 1 saturated heterocycles. The predicted octanol–water partition coefficient (Wildman–Crippen LogP) is 2.33. The summed E-state index contributed by atoms with van der Waals surface area (Å²) >= 11 is 0. The van der Waals surface area contributed by atoms with E-state index in [1.807, 2.05) is 0 Å². The van der Waals surface area contributed by atoms with Crippen molar-refractivity contribution in [2.24, 2.45) is 11.3 Å². The van der Waals surface area contributed by atoms with Gasteiger partial charge in [-0.05, 0) is 43.4 Å². The van der Waals surface area contributed by atoms with E-state index < -0.39 is 0 Å². The molecule has 3 rings (SSSR count). The predicted molar refractivity (Wildman–Crippen MR) is 60.8 cm³/mol. The van der Waals surface area contributed by atoms with E-state index in [-0.39, 0.29) is 5.60 Å². The minimum Gasteiger partial charge on any atom is -0.372 e. The lowest BCUT2D eigenvalue weighted by Gasteiger charge is -2.43. The molecule has 15 heavy (non-hydrogen) atoms. The SMILES string of the molecule is CC1(C)CCC2(C1)OCCNC2C1CC1. The number of ether oxygens (including phenoxy) is 1. The Morgan fingerprint density at radius 1 is 1.20 bits per heavy atom. The van der Waals surface area contributed by atoms with Gasteiger partial charge < -0.3 is 10.1 Å². The molecule has 2 nitrogen and oxygen atoms in total. The number of morpholine rings is 1. The highest BCUT2D eigenvalue weighted by Gasteiger charge is 2.54. The summed E-state index contributed by atoms with van der Waals surface area (Å²) < 4.78 is 6.21. The Balaban J connectivity index is 1.81. The van der Waals surface area contributed by atoms with Crippen molar-refractivity contribution in [3.8, 4) is 0 Å². The van der Waals surface area contributed by atoms with Crippen LogP contribution in [0.25, 0.3) is 0 Å². The van der Waals surface area contributed by atoms with Gasteiger partial charge in [-0.15, -0.1) is 0 Å². The molecule has 0 aromatic rings. The first-order valence-electron chi connectivity index (χ1n) is 6.49. The number of hydrogen-bond donors (Lipinski definition) is 1. The highest BCUT2D eigenvalue weighted by molar-refractivity contribution is 5.08. The molecule has 2 atom stereocenters. The van der Waals surface area contributed by atoms with Gasteiger partial charge in [0.05, 0.1) is 12.2 Å². The first kappa shape index (κ1) is 10.1. The summed E-state index contributed by atoms with van der Waals surface area (Å²) in [5, 5.41) is 3.73. The van der Waals surface area contributed by atoms with Crippen molar-refractivity contribution in [3.05, 3.63) is 0 Å². The molecule has 1 spiro atoms. The Morgan fingerprint density at radius 2 is 2.00 bits per heavy atom. The molecule has 2 unspecified atom stereocenters. The van der Waals surface area contributed by atoms with Crippen molar-refractivity contribution >= 4 is 0 Å². The van der Waals surface area contributed by atoms with Crippen molar-refractivity contribution in [1.29, 1.82) is 0 Å². The van der Waals surface area contributed by atoms with E-state index in [4.69, 9.17) is 4.74 Å². The van der Waals surface area contributed by atoms with E-state index in [0.717, 1.165) is 19.1 Å². The maximum Gasteiger partial charge on any atom is 0.0843 e. The highest BCUT2D eigenvalue weighted by Crippen LogP contribution is 2.52. The second kappa shape index (κ2) is 3.21. The largest absolute Gasteiger partial charge is 0.372 e. The summed E-state index contributed by atoms with van der Waals surface area (Å²) in [5.74, 6) is 0.916. The molecule has 2 heteroatoms. The molecule has 2 saturated carbocycles. The van der Waals surface area contributed by atoms with Crippen LogP contribution in [0.3, 0.4) is 0 Å². The van der Waals surface area contributed by atoms with E-state index in [1.165, 1.54) is 32.1 Å². The fraction of sp³-hybridized carbons (Fsp3) is 1.00. The van der Waals surface area contributed by atoms with E-state index >= 15 is 0 Å². The Labute approximate surface area is 92.8 Å².